The summed E-state index contributed by atoms with van der Waals surface area (Å²) in [7, 11) is 0. The predicted molar refractivity (Wildman–Crippen MR) is 96.4 cm³/mol. The van der Waals surface area contributed by atoms with Gasteiger partial charge in [-0.05, 0) is 49.7 Å². The molecule has 6 nitrogen and oxygen atoms in total. The summed E-state index contributed by atoms with van der Waals surface area (Å²) in [5.41, 5.74) is 0. The summed E-state index contributed by atoms with van der Waals surface area (Å²) in [4.78, 5) is 24.9. The van der Waals surface area contributed by atoms with E-state index in [-0.39, 0.29) is 18.0 Å². The Labute approximate surface area is 145 Å². The normalized spacial score (nSPS) is 27.5. The Bertz CT molecular complexity index is 733. The Hall–Kier alpha value is -1.73. The molecular weight excluding hydrogens is 322 g/mol. The third kappa shape index (κ3) is 2.86. The lowest BCUT2D eigenvalue weighted by molar-refractivity contribution is -0.123. The third-order valence-electron chi connectivity index (χ3n) is 5.18. The second kappa shape index (κ2) is 6.64. The van der Waals surface area contributed by atoms with Crippen LogP contribution in [0.4, 0.5) is 5.82 Å². The van der Waals surface area contributed by atoms with Gasteiger partial charge in [-0.3, -0.25) is 4.79 Å². The Morgan fingerprint density at radius 3 is 3.21 bits per heavy atom. The van der Waals surface area contributed by atoms with E-state index in [1.165, 1.54) is 0 Å². The molecule has 0 saturated carbocycles. The molecule has 2 aromatic heterocycles. The molecule has 0 spiro atoms. The summed E-state index contributed by atoms with van der Waals surface area (Å²) in [6.07, 6.45) is 4.52. The van der Waals surface area contributed by atoms with Crippen LogP contribution in [0.2, 0.25) is 0 Å². The smallest absolute Gasteiger partial charge is 0.242 e. The second-order valence-electron chi connectivity index (χ2n) is 6.77. The van der Waals surface area contributed by atoms with Crippen molar-refractivity contribution in [2.75, 3.05) is 24.5 Å². The van der Waals surface area contributed by atoms with Crippen LogP contribution in [0.15, 0.2) is 17.8 Å². The highest BCUT2D eigenvalue weighted by Crippen LogP contribution is 2.31. The van der Waals surface area contributed by atoms with Crippen LogP contribution >= 0.6 is 11.3 Å². The van der Waals surface area contributed by atoms with Gasteiger partial charge in [0.05, 0.1) is 5.39 Å². The van der Waals surface area contributed by atoms with Gasteiger partial charge in [0.25, 0.3) is 0 Å². The molecule has 4 rings (SSSR count). The quantitative estimate of drug-likeness (QED) is 0.887. The molecule has 2 aromatic rings. The van der Waals surface area contributed by atoms with Crippen molar-refractivity contribution >= 4 is 33.3 Å². The number of hydrogen-bond acceptors (Lipinski definition) is 6. The molecule has 128 valence electrons. The highest BCUT2D eigenvalue weighted by Gasteiger charge is 2.34. The van der Waals surface area contributed by atoms with Crippen LogP contribution in [-0.4, -0.2) is 47.6 Å². The van der Waals surface area contributed by atoms with Gasteiger partial charge in [0.2, 0.25) is 5.91 Å². The first-order valence-electron chi connectivity index (χ1n) is 8.70. The largest absolute Gasteiger partial charge is 0.351 e. The average molecular weight is 345 g/mol. The fourth-order valence-electron chi connectivity index (χ4n) is 3.81. The molecule has 0 radical (unpaired) electrons. The van der Waals surface area contributed by atoms with Crippen molar-refractivity contribution in [2.45, 2.75) is 38.3 Å². The van der Waals surface area contributed by atoms with Crippen molar-refractivity contribution < 1.29 is 4.79 Å². The average Bonchev–Trinajstić information content (AvgIpc) is 3.25. The summed E-state index contributed by atoms with van der Waals surface area (Å²) in [6.45, 7) is 5.02. The van der Waals surface area contributed by atoms with E-state index in [2.05, 4.69) is 38.5 Å². The van der Waals surface area contributed by atoms with E-state index in [4.69, 9.17) is 0 Å². The number of hydrogen-bond donors (Lipinski definition) is 2. The van der Waals surface area contributed by atoms with Gasteiger partial charge in [-0.2, -0.15) is 0 Å². The predicted octanol–water partition coefficient (Wildman–Crippen LogP) is 1.77. The highest BCUT2D eigenvalue weighted by molar-refractivity contribution is 7.16. The molecule has 1 amide bonds. The van der Waals surface area contributed by atoms with Gasteiger partial charge in [-0.15, -0.1) is 11.3 Å². The standard InChI is InChI=1S/C17H23N5OS/c1-11-9-18-6-4-13(11)21-16(23)14-3-2-7-22(14)15-12-5-8-24-17(12)20-10-19-15/h5,8,10-11,13-14,18H,2-4,6-7,9H2,1H3,(H,21,23). The van der Waals surface area contributed by atoms with E-state index in [1.807, 2.05) is 5.38 Å². The molecule has 3 atom stereocenters. The van der Waals surface area contributed by atoms with Gasteiger partial charge in [0.1, 0.15) is 23.0 Å². The van der Waals surface area contributed by atoms with Crippen LogP contribution in [-0.2, 0) is 4.79 Å². The maximum absolute atomic E-state index is 12.9. The number of aromatic nitrogens is 2. The van der Waals surface area contributed by atoms with Crippen molar-refractivity contribution in [3.8, 4) is 0 Å². The van der Waals surface area contributed by atoms with Crippen molar-refractivity contribution in [2.24, 2.45) is 5.92 Å². The van der Waals surface area contributed by atoms with Gasteiger partial charge in [0, 0.05) is 12.6 Å². The Morgan fingerprint density at radius 2 is 2.33 bits per heavy atom. The maximum Gasteiger partial charge on any atom is 0.242 e. The number of nitrogens with zero attached hydrogens (tertiary/aromatic N) is 3. The van der Waals surface area contributed by atoms with Gasteiger partial charge < -0.3 is 15.5 Å². The third-order valence-corrected chi connectivity index (χ3v) is 6.00. The number of nitrogens with one attached hydrogen (secondary N) is 2. The van der Waals surface area contributed by atoms with Crippen LogP contribution in [0.5, 0.6) is 0 Å². The molecule has 0 bridgehead atoms. The van der Waals surface area contributed by atoms with Crippen LogP contribution in [0.3, 0.4) is 0 Å². The fourth-order valence-corrected chi connectivity index (χ4v) is 4.53. The summed E-state index contributed by atoms with van der Waals surface area (Å²) in [6, 6.07) is 2.20. The number of amides is 1. The van der Waals surface area contributed by atoms with Gasteiger partial charge in [0.15, 0.2) is 0 Å². The lowest BCUT2D eigenvalue weighted by Crippen LogP contribution is -2.53. The lowest BCUT2D eigenvalue weighted by Gasteiger charge is -2.33. The highest BCUT2D eigenvalue weighted by atomic mass is 32.1. The summed E-state index contributed by atoms with van der Waals surface area (Å²) >= 11 is 1.61. The molecule has 2 aliphatic rings. The van der Waals surface area contributed by atoms with E-state index in [0.29, 0.717) is 5.92 Å². The molecule has 7 heteroatoms. The van der Waals surface area contributed by atoms with Crippen LogP contribution < -0.4 is 15.5 Å². The van der Waals surface area contributed by atoms with Crippen molar-refractivity contribution in [3.63, 3.8) is 0 Å². The minimum absolute atomic E-state index is 0.120. The van der Waals surface area contributed by atoms with Crippen molar-refractivity contribution in [3.05, 3.63) is 17.8 Å². The number of anilines is 1. The first-order valence-corrected chi connectivity index (χ1v) is 9.58. The molecule has 2 aliphatic heterocycles. The topological polar surface area (TPSA) is 70.2 Å². The SMILES string of the molecule is CC1CNCCC1NC(=O)C1CCCN1c1ncnc2sccc12. The van der Waals surface area contributed by atoms with Gasteiger partial charge in [-0.1, -0.05) is 6.92 Å². The second-order valence-corrected chi connectivity index (χ2v) is 7.67. The van der Waals surface area contributed by atoms with Crippen LogP contribution in [0.25, 0.3) is 10.2 Å². The minimum atomic E-state index is -0.120. The zero-order valence-corrected chi connectivity index (χ0v) is 14.7. The molecule has 4 heterocycles. The number of piperidine rings is 1. The van der Waals surface area contributed by atoms with E-state index in [9.17, 15) is 4.79 Å². The maximum atomic E-state index is 12.9. The number of rotatable bonds is 3. The molecule has 0 aliphatic carbocycles. The zero-order chi connectivity index (χ0) is 16.5. The molecule has 2 fully saturated rings. The summed E-state index contributed by atoms with van der Waals surface area (Å²) < 4.78 is 0. The Morgan fingerprint density at radius 1 is 1.42 bits per heavy atom. The molecule has 2 N–H and O–H groups in total. The monoisotopic (exact) mass is 345 g/mol. The minimum Gasteiger partial charge on any atom is -0.351 e. The summed E-state index contributed by atoms with van der Waals surface area (Å²) in [5.74, 6) is 1.52. The Kier molecular flexibility index (Phi) is 4.37. The number of fused-ring (bicyclic) bond motifs is 1. The van der Waals surface area contributed by atoms with Crippen LogP contribution in [0, 0.1) is 5.92 Å². The van der Waals surface area contributed by atoms with Crippen molar-refractivity contribution in [1.29, 1.82) is 0 Å². The van der Waals surface area contributed by atoms with E-state index < -0.39 is 0 Å². The summed E-state index contributed by atoms with van der Waals surface area (Å²) in [5, 5.41) is 9.76. The van der Waals surface area contributed by atoms with Gasteiger partial charge in [-0.25, -0.2) is 9.97 Å². The van der Waals surface area contributed by atoms with E-state index in [0.717, 1.165) is 54.9 Å². The van der Waals surface area contributed by atoms with Gasteiger partial charge >= 0.3 is 0 Å². The first kappa shape index (κ1) is 15.8. The lowest BCUT2D eigenvalue weighted by atomic mass is 9.95. The van der Waals surface area contributed by atoms with Crippen LogP contribution in [0.1, 0.15) is 26.2 Å². The molecule has 2 saturated heterocycles. The first-order chi connectivity index (χ1) is 11.7. The Balaban J connectivity index is 1.54. The van der Waals surface area contributed by atoms with E-state index >= 15 is 0 Å². The molecule has 3 unspecified atom stereocenters. The molecule has 24 heavy (non-hydrogen) atoms. The number of carbonyl (C=O) groups is 1. The zero-order valence-electron chi connectivity index (χ0n) is 13.9. The van der Waals surface area contributed by atoms with Crippen molar-refractivity contribution in [1.82, 2.24) is 20.6 Å². The number of thiophene rings is 1. The fraction of sp³-hybridized carbons (Fsp3) is 0.588. The molecule has 0 aromatic carbocycles. The number of carbonyl (C=O) groups excluding carboxylic acids is 1. The molecular formula is C17H23N5OS. The van der Waals surface area contributed by atoms with E-state index in [1.54, 1.807) is 17.7 Å².